The van der Waals surface area contributed by atoms with Crippen LogP contribution >= 0.6 is 8.03 Å². The fourth-order valence-corrected chi connectivity index (χ4v) is 4.37. The Kier molecular flexibility index (Phi) is 9.55. The van der Waals surface area contributed by atoms with Gasteiger partial charge in [-0.3, -0.25) is 4.79 Å². The molecular formula is C25H25F3N3O7P+2. The van der Waals surface area contributed by atoms with Crippen molar-refractivity contribution in [1.82, 2.24) is 5.32 Å². The Labute approximate surface area is 221 Å². The molecule has 39 heavy (non-hydrogen) atoms. The number of aliphatic carboxylic acids is 1. The molecule has 0 saturated heterocycles. The number of benzene rings is 1. The van der Waals surface area contributed by atoms with Crippen LogP contribution in [0.3, 0.4) is 0 Å². The highest BCUT2D eigenvalue weighted by Crippen LogP contribution is 2.23. The number of carbonyl (C=O) groups is 2. The van der Waals surface area contributed by atoms with Crippen LogP contribution in [-0.4, -0.2) is 43.0 Å². The number of nitrogens with zero attached hydrogens (tertiary/aromatic N) is 2. The summed E-state index contributed by atoms with van der Waals surface area (Å²) in [4.78, 5) is 36.9. The SMILES string of the molecule is CCN(CC)c1ccc2cc(/C=C/c3ccc([P+](=O)OCNC(=O)C(F)(F)F)c[n+]3CC(=O)O)c(=O)oc2c1. The van der Waals surface area contributed by atoms with Gasteiger partial charge in [-0.2, -0.15) is 17.7 Å². The van der Waals surface area contributed by atoms with E-state index in [1.54, 1.807) is 12.1 Å². The van der Waals surface area contributed by atoms with Gasteiger partial charge in [-0.1, -0.05) is 0 Å². The van der Waals surface area contributed by atoms with Crippen molar-refractivity contribution >= 4 is 54.0 Å². The van der Waals surface area contributed by atoms with Crippen LogP contribution in [0.4, 0.5) is 18.9 Å². The van der Waals surface area contributed by atoms with Gasteiger partial charge in [0, 0.05) is 48.4 Å². The molecule has 1 unspecified atom stereocenters. The molecule has 1 aromatic carbocycles. The van der Waals surface area contributed by atoms with Crippen LogP contribution in [0.5, 0.6) is 0 Å². The molecule has 1 atom stereocenters. The number of hydrogen-bond acceptors (Lipinski definition) is 7. The third kappa shape index (κ3) is 7.71. The van der Waals surface area contributed by atoms with Crippen LogP contribution in [0.15, 0.2) is 51.8 Å². The highest BCUT2D eigenvalue weighted by molar-refractivity contribution is 7.48. The van der Waals surface area contributed by atoms with E-state index in [1.165, 1.54) is 40.4 Å². The van der Waals surface area contributed by atoms with Crippen LogP contribution in [0.1, 0.15) is 25.1 Å². The summed E-state index contributed by atoms with van der Waals surface area (Å²) in [6.07, 6.45) is -1.02. The summed E-state index contributed by atoms with van der Waals surface area (Å²) in [7, 11) is -2.72. The first kappa shape index (κ1) is 29.5. The number of halogens is 3. The lowest BCUT2D eigenvalue weighted by molar-refractivity contribution is -0.686. The number of aromatic nitrogens is 1. The van der Waals surface area contributed by atoms with Crippen molar-refractivity contribution in [3.05, 3.63) is 64.3 Å². The second kappa shape index (κ2) is 12.6. The monoisotopic (exact) mass is 567 g/mol. The molecule has 14 heteroatoms. The van der Waals surface area contributed by atoms with Crippen molar-refractivity contribution in [2.45, 2.75) is 26.6 Å². The third-order valence-electron chi connectivity index (χ3n) is 5.54. The molecule has 3 rings (SSSR count). The molecule has 2 heterocycles. The van der Waals surface area contributed by atoms with Crippen LogP contribution in [0, 0.1) is 0 Å². The minimum Gasteiger partial charge on any atom is -0.477 e. The normalized spacial score (nSPS) is 12.1. The van der Waals surface area contributed by atoms with E-state index in [-0.39, 0.29) is 10.9 Å². The maximum Gasteiger partial charge on any atom is 0.557 e. The number of carboxylic acid groups (broad SMARTS) is 1. The molecule has 0 spiro atoms. The Bertz CT molecular complexity index is 1480. The summed E-state index contributed by atoms with van der Waals surface area (Å²) < 4.78 is 60.5. The maximum absolute atomic E-state index is 12.6. The Morgan fingerprint density at radius 3 is 2.51 bits per heavy atom. The van der Waals surface area contributed by atoms with Crippen LogP contribution in [-0.2, 0) is 25.2 Å². The number of amides is 1. The maximum atomic E-state index is 12.6. The summed E-state index contributed by atoms with van der Waals surface area (Å²) in [6.45, 7) is 4.09. The number of rotatable bonds is 11. The van der Waals surface area contributed by atoms with E-state index in [9.17, 15) is 37.2 Å². The molecule has 0 aliphatic carbocycles. The molecule has 2 aromatic heterocycles. The van der Waals surface area contributed by atoms with E-state index in [4.69, 9.17) is 8.94 Å². The zero-order chi connectivity index (χ0) is 28.7. The van der Waals surface area contributed by atoms with Gasteiger partial charge in [0.1, 0.15) is 5.58 Å². The van der Waals surface area contributed by atoms with E-state index in [0.717, 1.165) is 18.8 Å². The molecule has 2 N–H and O–H groups in total. The summed E-state index contributed by atoms with van der Waals surface area (Å²) >= 11 is 0. The standard InChI is InChI=1S/C25H23F3N3O7P/c1-3-30(4-2)19-8-5-16-11-17(23(34)38-21(16)12-19)6-7-18-9-10-20(13-31(18)14-22(32)33)39(36)37-15-29-24(35)25(26,27)28/h5-13H,3-4,14-15H2,1-2H3/p+2. The second-order valence-electron chi connectivity index (χ2n) is 8.08. The quantitative estimate of drug-likeness (QED) is 0.156. The molecule has 3 aromatic rings. The van der Waals surface area contributed by atoms with Crippen LogP contribution < -0.4 is 25.7 Å². The van der Waals surface area contributed by atoms with Gasteiger partial charge in [0.25, 0.3) is 5.30 Å². The highest BCUT2D eigenvalue weighted by Gasteiger charge is 2.39. The van der Waals surface area contributed by atoms with Gasteiger partial charge in [0.05, 0.1) is 5.56 Å². The molecule has 0 saturated carbocycles. The summed E-state index contributed by atoms with van der Waals surface area (Å²) in [5, 5.41) is 11.4. The number of pyridine rings is 1. The van der Waals surface area contributed by atoms with Gasteiger partial charge in [-0.15, -0.1) is 4.52 Å². The minimum atomic E-state index is -5.12. The topological polar surface area (TPSA) is 130 Å². The molecule has 10 nitrogen and oxygen atoms in total. The van der Waals surface area contributed by atoms with Gasteiger partial charge in [0.15, 0.2) is 6.73 Å². The van der Waals surface area contributed by atoms with Gasteiger partial charge in [-0.25, -0.2) is 9.59 Å². The molecule has 0 radical (unpaired) electrons. The highest BCUT2D eigenvalue weighted by atomic mass is 31.1. The number of nitrogens with one attached hydrogen (secondary N) is 1. The Balaban J connectivity index is 1.83. The average molecular weight is 567 g/mol. The fraction of sp³-hybridized carbons (Fsp3) is 0.280. The Morgan fingerprint density at radius 1 is 1.15 bits per heavy atom. The van der Waals surface area contributed by atoms with Crippen molar-refractivity contribution in [2.75, 3.05) is 24.7 Å². The predicted molar refractivity (Wildman–Crippen MR) is 137 cm³/mol. The van der Waals surface area contributed by atoms with E-state index in [0.29, 0.717) is 16.7 Å². The number of hydrogen-bond donors (Lipinski definition) is 2. The summed E-state index contributed by atoms with van der Waals surface area (Å²) in [5.41, 5.74) is 1.25. The van der Waals surface area contributed by atoms with Crippen LogP contribution in [0.2, 0.25) is 0 Å². The van der Waals surface area contributed by atoms with Gasteiger partial charge >= 0.3 is 31.7 Å². The fourth-order valence-electron chi connectivity index (χ4n) is 3.61. The number of fused-ring (bicyclic) bond motifs is 1. The Hall–Kier alpha value is -4.09. The lowest BCUT2D eigenvalue weighted by Gasteiger charge is -2.20. The van der Waals surface area contributed by atoms with E-state index >= 15 is 0 Å². The molecule has 0 aliphatic rings. The van der Waals surface area contributed by atoms with E-state index in [2.05, 4.69) is 4.90 Å². The summed E-state index contributed by atoms with van der Waals surface area (Å²) in [5.74, 6) is -3.48. The molecular weight excluding hydrogens is 542 g/mol. The number of carbonyl (C=O) groups excluding carboxylic acids is 1. The lowest BCUT2D eigenvalue weighted by Crippen LogP contribution is -2.42. The largest absolute Gasteiger partial charge is 0.557 e. The first-order chi connectivity index (χ1) is 18.4. The van der Waals surface area contributed by atoms with Crippen molar-refractivity contribution in [1.29, 1.82) is 0 Å². The average Bonchev–Trinajstić information content (AvgIpc) is 2.87. The number of carboxylic acids is 1. The van der Waals surface area contributed by atoms with Gasteiger partial charge in [-0.05, 0) is 42.7 Å². The third-order valence-corrected chi connectivity index (χ3v) is 6.59. The lowest BCUT2D eigenvalue weighted by atomic mass is 10.1. The molecule has 0 fully saturated rings. The molecule has 0 aliphatic heterocycles. The zero-order valence-electron chi connectivity index (χ0n) is 20.9. The summed E-state index contributed by atoms with van der Waals surface area (Å²) in [6, 6.07) is 9.89. The van der Waals surface area contributed by atoms with Crippen LogP contribution in [0.25, 0.3) is 23.1 Å². The first-order valence-corrected chi connectivity index (χ1v) is 12.8. The van der Waals surface area contributed by atoms with Crippen molar-refractivity contribution in [2.24, 2.45) is 0 Å². The van der Waals surface area contributed by atoms with Gasteiger partial charge < -0.3 is 19.7 Å². The smallest absolute Gasteiger partial charge is 0.477 e. The number of anilines is 1. The van der Waals surface area contributed by atoms with Crippen molar-refractivity contribution in [3.8, 4) is 0 Å². The Morgan fingerprint density at radius 2 is 1.87 bits per heavy atom. The number of alkyl halides is 3. The molecule has 206 valence electrons. The molecule has 1 amide bonds. The molecule has 0 bridgehead atoms. The minimum absolute atomic E-state index is 0.0288. The first-order valence-electron chi connectivity index (χ1n) is 11.6. The van der Waals surface area contributed by atoms with E-state index in [1.807, 2.05) is 26.0 Å². The van der Waals surface area contributed by atoms with Gasteiger partial charge in [0.2, 0.25) is 18.4 Å². The zero-order valence-corrected chi connectivity index (χ0v) is 21.8. The van der Waals surface area contributed by atoms with Crippen molar-refractivity contribution < 1.29 is 45.9 Å². The van der Waals surface area contributed by atoms with E-state index < -0.39 is 45.0 Å². The second-order valence-corrected chi connectivity index (χ2v) is 9.37. The van der Waals surface area contributed by atoms with Crippen molar-refractivity contribution in [3.63, 3.8) is 0 Å². The predicted octanol–water partition coefficient (Wildman–Crippen LogP) is 3.20.